The van der Waals surface area contributed by atoms with Gasteiger partial charge in [-0.1, -0.05) is 0 Å². The molecule has 0 aliphatic carbocycles. The number of nitrogens with zero attached hydrogens (tertiary/aromatic N) is 8. The molecule has 0 aliphatic heterocycles. The van der Waals surface area contributed by atoms with Crippen molar-refractivity contribution in [3.63, 3.8) is 0 Å². The van der Waals surface area contributed by atoms with Crippen molar-refractivity contribution in [2.24, 2.45) is 0 Å². The molecule has 11 heteroatoms. The number of hydrogen-bond acceptors (Lipinski definition) is 8. The Hall–Kier alpha value is -4.43. The predicted octanol–water partition coefficient (Wildman–Crippen LogP) is 7.48. The van der Waals surface area contributed by atoms with Crippen molar-refractivity contribution in [2.75, 3.05) is 0 Å². The maximum absolute atomic E-state index is 4.91. The second-order valence-electron chi connectivity index (χ2n) is 11.8. The number of fused-ring (bicyclic) bond motifs is 3. The van der Waals surface area contributed by atoms with Gasteiger partial charge >= 0.3 is 324 Å². The Bertz CT molecular complexity index is 2430. The third-order valence-corrected chi connectivity index (χ3v) is 17.2. The van der Waals surface area contributed by atoms with Crippen LogP contribution in [0.2, 0.25) is 0 Å². The van der Waals surface area contributed by atoms with Gasteiger partial charge in [0.05, 0.1) is 0 Å². The second kappa shape index (κ2) is 13.3. The monoisotopic (exact) mass is 1000 g/mol. The van der Waals surface area contributed by atoms with Gasteiger partial charge in [0.15, 0.2) is 0 Å². The van der Waals surface area contributed by atoms with Crippen LogP contribution in [0.25, 0.3) is 88.6 Å². The van der Waals surface area contributed by atoms with E-state index in [0.717, 1.165) is 79.3 Å². The van der Waals surface area contributed by atoms with Gasteiger partial charge in [0.2, 0.25) is 0 Å². The molecule has 0 saturated carbocycles. The molecule has 10 rings (SSSR count). The first-order valence-electron chi connectivity index (χ1n) is 16.0. The van der Waals surface area contributed by atoms with Gasteiger partial charge in [-0.05, 0) is 0 Å². The standard InChI is InChI=1S/C40H22N8Te3/c1-2-32-38(43-15-1)49-35(46-32)26-9-3-23(4-10-26)29-20-30(24-5-11-27(12-6-24)36-47-33-39(50-36)44-18-16-41-33)22-31(21-29)25-7-13-28(14-8-25)37-48-34-40(51-37)45-19-17-42-34/h1-22H. The van der Waals surface area contributed by atoms with E-state index < -0.39 is 61.3 Å². The Morgan fingerprint density at radius 1 is 0.314 bits per heavy atom. The SMILES string of the molecule is c1cnc2[te]c(-c3ccc(-c4cc(-c5ccc(-c6nc7nccnc7[te]6)cc5)cc(-c5ccc(-c6nc7nccnc7[te]6)cc5)c4)cc3)nc2c1. The molecule has 6 aromatic heterocycles. The number of hydrogen-bond donors (Lipinski definition) is 0. The van der Waals surface area contributed by atoms with E-state index in [1.165, 1.54) is 9.27 Å². The Kier molecular flexibility index (Phi) is 8.15. The molecule has 0 radical (unpaired) electrons. The molecule has 4 aromatic carbocycles. The summed E-state index contributed by atoms with van der Waals surface area (Å²) in [6.07, 6.45) is 8.82. The Morgan fingerprint density at radius 2 is 0.686 bits per heavy atom. The number of pyridine rings is 1. The molecule has 10 aromatic rings. The van der Waals surface area contributed by atoms with Crippen LogP contribution in [0, 0.1) is 0 Å². The zero-order valence-electron chi connectivity index (χ0n) is 26.5. The average Bonchev–Trinajstić information content (AvgIpc) is 3.95. The van der Waals surface area contributed by atoms with Crippen LogP contribution in [0.3, 0.4) is 0 Å². The van der Waals surface area contributed by atoms with Crippen molar-refractivity contribution in [2.45, 2.75) is 0 Å². The van der Waals surface area contributed by atoms with E-state index in [1.54, 1.807) is 24.8 Å². The molecule has 0 atom stereocenters. The fourth-order valence-electron chi connectivity index (χ4n) is 6.04. The molecule has 0 aliphatic rings. The molecule has 6 heterocycles. The van der Waals surface area contributed by atoms with E-state index in [4.69, 9.17) is 15.0 Å². The van der Waals surface area contributed by atoms with Gasteiger partial charge in [-0.3, -0.25) is 0 Å². The van der Waals surface area contributed by atoms with Crippen LogP contribution in [0.4, 0.5) is 0 Å². The van der Waals surface area contributed by atoms with E-state index in [2.05, 4.69) is 122 Å². The van der Waals surface area contributed by atoms with Crippen LogP contribution < -0.4 is 0 Å². The van der Waals surface area contributed by atoms with Crippen LogP contribution in [-0.2, 0) is 0 Å². The first-order valence-corrected chi connectivity index (χ1v) is 23.0. The fraction of sp³-hybridized carbons (Fsp3) is 0. The van der Waals surface area contributed by atoms with E-state index in [9.17, 15) is 0 Å². The summed E-state index contributed by atoms with van der Waals surface area (Å²) in [6.45, 7) is 0. The third-order valence-electron chi connectivity index (χ3n) is 8.59. The van der Waals surface area contributed by atoms with E-state index in [-0.39, 0.29) is 0 Å². The molecule has 0 amide bonds. The van der Waals surface area contributed by atoms with Crippen LogP contribution in [0.15, 0.2) is 134 Å². The zero-order valence-corrected chi connectivity index (χ0v) is 33.5. The topological polar surface area (TPSA) is 103 Å². The third kappa shape index (κ3) is 6.15. The van der Waals surface area contributed by atoms with Gasteiger partial charge in [-0.15, -0.1) is 0 Å². The molecule has 0 unspecified atom stereocenters. The summed E-state index contributed by atoms with van der Waals surface area (Å²) in [7, 11) is 0. The van der Waals surface area contributed by atoms with Crippen molar-refractivity contribution < 1.29 is 0 Å². The first kappa shape index (κ1) is 31.3. The van der Waals surface area contributed by atoms with Gasteiger partial charge in [0.25, 0.3) is 0 Å². The van der Waals surface area contributed by atoms with Crippen LogP contribution >= 0.6 is 0 Å². The van der Waals surface area contributed by atoms with Crippen LogP contribution in [0.1, 0.15) is 0 Å². The molecular formula is C40H22N8Te3. The van der Waals surface area contributed by atoms with E-state index in [1.807, 2.05) is 12.3 Å². The van der Waals surface area contributed by atoms with Gasteiger partial charge < -0.3 is 0 Å². The molecule has 240 valence electrons. The zero-order chi connectivity index (χ0) is 33.7. The Morgan fingerprint density at radius 3 is 1.12 bits per heavy atom. The van der Waals surface area contributed by atoms with Crippen molar-refractivity contribution in [3.8, 4) is 61.2 Å². The molecule has 0 fully saturated rings. The average molecular weight is 997 g/mol. The first-order chi connectivity index (χ1) is 25.2. The van der Waals surface area contributed by atoms with Crippen molar-refractivity contribution in [3.05, 3.63) is 134 Å². The minimum absolute atomic E-state index is 0.594. The van der Waals surface area contributed by atoms with Crippen molar-refractivity contribution in [1.29, 1.82) is 0 Å². The summed E-state index contributed by atoms with van der Waals surface area (Å²) in [5.41, 5.74) is 13.0. The number of rotatable bonds is 6. The molecule has 0 saturated heterocycles. The minimum atomic E-state index is -0.654. The Labute approximate surface area is 320 Å². The molecule has 8 nitrogen and oxygen atoms in total. The second-order valence-corrected chi connectivity index (χ2v) is 20.2. The van der Waals surface area contributed by atoms with Gasteiger partial charge in [0, 0.05) is 0 Å². The summed E-state index contributed by atoms with van der Waals surface area (Å²) >= 11 is -1.90. The van der Waals surface area contributed by atoms with Crippen LogP contribution in [-0.4, -0.2) is 101 Å². The summed E-state index contributed by atoms with van der Waals surface area (Å²) in [6, 6.07) is 37.4. The van der Waals surface area contributed by atoms with E-state index >= 15 is 0 Å². The fourth-order valence-corrected chi connectivity index (χ4v) is 13.6. The maximum atomic E-state index is 4.91. The molecule has 51 heavy (non-hydrogen) atoms. The molecule has 0 spiro atoms. The van der Waals surface area contributed by atoms with Gasteiger partial charge in [0.1, 0.15) is 0 Å². The predicted molar refractivity (Wildman–Crippen MR) is 205 cm³/mol. The van der Waals surface area contributed by atoms with Gasteiger partial charge in [-0.25, -0.2) is 0 Å². The van der Waals surface area contributed by atoms with Crippen molar-refractivity contribution >= 4 is 88.7 Å². The summed E-state index contributed by atoms with van der Waals surface area (Å²) in [5, 5.41) is 0. The Balaban J connectivity index is 1.03. The van der Waals surface area contributed by atoms with Crippen molar-refractivity contribution in [1.82, 2.24) is 39.9 Å². The number of aromatic nitrogens is 8. The van der Waals surface area contributed by atoms with Gasteiger partial charge in [-0.2, -0.15) is 0 Å². The normalized spacial score (nSPS) is 11.5. The molecular weight excluding hydrogens is 975 g/mol. The molecule has 0 N–H and O–H groups in total. The molecule has 0 bridgehead atoms. The quantitative estimate of drug-likeness (QED) is 0.158. The summed E-state index contributed by atoms with van der Waals surface area (Å²) in [4.78, 5) is 37.0. The summed E-state index contributed by atoms with van der Waals surface area (Å²) < 4.78 is 6.71. The van der Waals surface area contributed by atoms with Crippen LogP contribution in [0.5, 0.6) is 0 Å². The number of benzene rings is 4. The van der Waals surface area contributed by atoms with E-state index in [0.29, 0.717) is 0 Å². The summed E-state index contributed by atoms with van der Waals surface area (Å²) in [5.74, 6) is 0.